The lowest BCUT2D eigenvalue weighted by atomic mass is 10.1. The van der Waals surface area contributed by atoms with Crippen molar-refractivity contribution in [2.24, 2.45) is 0 Å². The van der Waals surface area contributed by atoms with Crippen LogP contribution in [0.4, 0.5) is 10.1 Å². The van der Waals surface area contributed by atoms with Crippen LogP contribution in [-0.4, -0.2) is 29.4 Å². The van der Waals surface area contributed by atoms with Crippen LogP contribution in [0.2, 0.25) is 0 Å². The zero-order valence-electron chi connectivity index (χ0n) is 14.3. The number of amides is 2. The van der Waals surface area contributed by atoms with Gasteiger partial charge in [-0.1, -0.05) is 0 Å². The molecule has 26 heavy (non-hydrogen) atoms. The highest BCUT2D eigenvalue weighted by Crippen LogP contribution is 2.24. The van der Waals surface area contributed by atoms with E-state index in [1.54, 1.807) is 36.1 Å². The summed E-state index contributed by atoms with van der Waals surface area (Å²) in [5, 5.41) is 3.76. The maximum absolute atomic E-state index is 13.4. The number of hydrogen-bond acceptors (Lipinski definition) is 2. The van der Waals surface area contributed by atoms with Gasteiger partial charge in [0.05, 0.1) is 0 Å². The summed E-state index contributed by atoms with van der Waals surface area (Å²) in [6.45, 7) is 2.15. The van der Waals surface area contributed by atoms with E-state index in [2.05, 4.69) is 10.3 Å². The number of benzene rings is 2. The van der Waals surface area contributed by atoms with Crippen molar-refractivity contribution in [2.45, 2.75) is 19.4 Å². The molecule has 1 atom stereocenters. The van der Waals surface area contributed by atoms with Crippen LogP contribution < -0.4 is 10.2 Å². The molecule has 2 heterocycles. The highest BCUT2D eigenvalue weighted by Gasteiger charge is 2.34. The fraction of sp³-hybridized carbons (Fsp3) is 0.200. The van der Waals surface area contributed by atoms with Crippen molar-refractivity contribution in [3.63, 3.8) is 0 Å². The minimum absolute atomic E-state index is 0.174. The van der Waals surface area contributed by atoms with E-state index in [-0.39, 0.29) is 17.6 Å². The minimum Gasteiger partial charge on any atom is -0.361 e. The summed E-state index contributed by atoms with van der Waals surface area (Å²) in [5.74, 6) is -0.749. The Bertz CT molecular complexity index is 1010. The van der Waals surface area contributed by atoms with Crippen LogP contribution in [0.3, 0.4) is 0 Å². The van der Waals surface area contributed by atoms with E-state index in [9.17, 15) is 14.0 Å². The van der Waals surface area contributed by atoms with Crippen molar-refractivity contribution in [1.82, 2.24) is 10.3 Å². The third kappa shape index (κ3) is 2.83. The standard InChI is InChI=1S/C20H18FN3O2/c1-12-10-15(3-4-16(12)21)24-9-7-18(20(24)26)23-19(25)14-2-5-17-13(11-14)6-8-22-17/h2-6,8,10-11,18,22H,7,9H2,1H3,(H,23,25). The fourth-order valence-corrected chi connectivity index (χ4v) is 3.30. The number of nitrogens with one attached hydrogen (secondary N) is 2. The molecule has 5 nitrogen and oxygen atoms in total. The quantitative estimate of drug-likeness (QED) is 0.761. The summed E-state index contributed by atoms with van der Waals surface area (Å²) in [5.41, 5.74) is 2.61. The third-order valence-corrected chi connectivity index (χ3v) is 4.78. The molecule has 0 spiro atoms. The Hall–Kier alpha value is -3.15. The molecule has 2 amide bonds. The molecule has 0 radical (unpaired) electrons. The first kappa shape index (κ1) is 16.3. The van der Waals surface area contributed by atoms with Gasteiger partial charge in [0.25, 0.3) is 5.91 Å². The molecule has 1 aliphatic rings. The molecule has 6 heteroatoms. The Morgan fingerprint density at radius 3 is 2.88 bits per heavy atom. The topological polar surface area (TPSA) is 65.2 Å². The zero-order chi connectivity index (χ0) is 18.3. The van der Waals surface area contributed by atoms with Crippen molar-refractivity contribution in [2.75, 3.05) is 11.4 Å². The molecule has 132 valence electrons. The molecule has 4 rings (SSSR count). The molecule has 2 aromatic carbocycles. The minimum atomic E-state index is -0.574. The van der Waals surface area contributed by atoms with E-state index >= 15 is 0 Å². The Balaban J connectivity index is 1.49. The van der Waals surface area contributed by atoms with Crippen molar-refractivity contribution in [3.8, 4) is 0 Å². The molecular weight excluding hydrogens is 333 g/mol. The summed E-state index contributed by atoms with van der Waals surface area (Å²) in [6, 6.07) is 11.3. The van der Waals surface area contributed by atoms with Crippen molar-refractivity contribution >= 4 is 28.4 Å². The van der Waals surface area contributed by atoms with E-state index < -0.39 is 6.04 Å². The second-order valence-electron chi connectivity index (χ2n) is 6.52. The van der Waals surface area contributed by atoms with Gasteiger partial charge in [-0.25, -0.2) is 4.39 Å². The normalized spacial score (nSPS) is 17.1. The van der Waals surface area contributed by atoms with E-state index in [0.717, 1.165) is 10.9 Å². The molecular formula is C20H18FN3O2. The Kier molecular flexibility index (Phi) is 3.95. The lowest BCUT2D eigenvalue weighted by molar-refractivity contribution is -0.118. The number of carbonyl (C=O) groups excluding carboxylic acids is 2. The van der Waals surface area contributed by atoms with Crippen LogP contribution in [0.25, 0.3) is 10.9 Å². The van der Waals surface area contributed by atoms with Gasteiger partial charge in [0.2, 0.25) is 5.91 Å². The lowest BCUT2D eigenvalue weighted by Crippen LogP contribution is -2.41. The summed E-state index contributed by atoms with van der Waals surface area (Å²) in [4.78, 5) is 29.8. The van der Waals surface area contributed by atoms with Gasteiger partial charge >= 0.3 is 0 Å². The van der Waals surface area contributed by atoms with E-state index in [1.807, 2.05) is 18.3 Å². The summed E-state index contributed by atoms with van der Waals surface area (Å²) >= 11 is 0. The first-order valence-electron chi connectivity index (χ1n) is 8.48. The van der Waals surface area contributed by atoms with Crippen LogP contribution in [0.15, 0.2) is 48.7 Å². The smallest absolute Gasteiger partial charge is 0.251 e. The summed E-state index contributed by atoms with van der Waals surface area (Å²) < 4.78 is 13.4. The number of anilines is 1. The van der Waals surface area contributed by atoms with E-state index in [0.29, 0.717) is 29.8 Å². The Labute approximate surface area is 149 Å². The second kappa shape index (κ2) is 6.29. The SMILES string of the molecule is Cc1cc(N2CCC(NC(=O)c3ccc4[nH]ccc4c3)C2=O)ccc1F. The van der Waals surface area contributed by atoms with Crippen LogP contribution in [-0.2, 0) is 4.79 Å². The largest absolute Gasteiger partial charge is 0.361 e. The van der Waals surface area contributed by atoms with Gasteiger partial charge in [0, 0.05) is 34.9 Å². The van der Waals surface area contributed by atoms with Gasteiger partial charge < -0.3 is 15.2 Å². The molecule has 1 unspecified atom stereocenters. The number of rotatable bonds is 3. The number of aryl methyl sites for hydroxylation is 1. The van der Waals surface area contributed by atoms with Gasteiger partial charge in [0.1, 0.15) is 11.9 Å². The van der Waals surface area contributed by atoms with Crippen LogP contribution in [0.5, 0.6) is 0 Å². The predicted molar refractivity (Wildman–Crippen MR) is 97.7 cm³/mol. The lowest BCUT2D eigenvalue weighted by Gasteiger charge is -2.18. The van der Waals surface area contributed by atoms with Gasteiger partial charge in [-0.2, -0.15) is 0 Å². The molecule has 1 aliphatic heterocycles. The molecule has 0 saturated carbocycles. The highest BCUT2D eigenvalue weighted by atomic mass is 19.1. The van der Waals surface area contributed by atoms with Gasteiger partial charge in [-0.05, 0) is 61.4 Å². The van der Waals surface area contributed by atoms with Crippen LogP contribution >= 0.6 is 0 Å². The second-order valence-corrected chi connectivity index (χ2v) is 6.52. The van der Waals surface area contributed by atoms with Gasteiger partial charge in [0.15, 0.2) is 0 Å². The van der Waals surface area contributed by atoms with Crippen molar-refractivity contribution in [3.05, 3.63) is 65.6 Å². The maximum Gasteiger partial charge on any atom is 0.251 e. The van der Waals surface area contributed by atoms with Crippen LogP contribution in [0.1, 0.15) is 22.3 Å². The van der Waals surface area contributed by atoms with E-state index in [1.165, 1.54) is 6.07 Å². The van der Waals surface area contributed by atoms with Crippen molar-refractivity contribution in [1.29, 1.82) is 0 Å². The van der Waals surface area contributed by atoms with E-state index in [4.69, 9.17) is 0 Å². The van der Waals surface area contributed by atoms with Crippen LogP contribution in [0, 0.1) is 12.7 Å². The molecule has 1 fully saturated rings. The first-order chi connectivity index (χ1) is 12.5. The number of aromatic nitrogens is 1. The summed E-state index contributed by atoms with van der Waals surface area (Å²) in [6.07, 6.45) is 2.34. The highest BCUT2D eigenvalue weighted by molar-refractivity contribution is 6.04. The monoisotopic (exact) mass is 351 g/mol. The number of fused-ring (bicyclic) bond motifs is 1. The Morgan fingerprint density at radius 1 is 1.23 bits per heavy atom. The Morgan fingerprint density at radius 2 is 2.08 bits per heavy atom. The number of halogens is 1. The maximum atomic E-state index is 13.4. The van der Waals surface area contributed by atoms with Crippen molar-refractivity contribution < 1.29 is 14.0 Å². The number of nitrogens with zero attached hydrogens (tertiary/aromatic N) is 1. The van der Waals surface area contributed by atoms with Gasteiger partial charge in [-0.15, -0.1) is 0 Å². The fourth-order valence-electron chi connectivity index (χ4n) is 3.30. The number of H-pyrrole nitrogens is 1. The molecule has 1 saturated heterocycles. The third-order valence-electron chi connectivity index (χ3n) is 4.78. The average Bonchev–Trinajstić information content (AvgIpc) is 3.24. The average molecular weight is 351 g/mol. The molecule has 0 bridgehead atoms. The van der Waals surface area contributed by atoms with Gasteiger partial charge in [-0.3, -0.25) is 9.59 Å². The molecule has 3 aromatic rings. The zero-order valence-corrected chi connectivity index (χ0v) is 14.3. The predicted octanol–water partition coefficient (Wildman–Crippen LogP) is 3.15. The summed E-state index contributed by atoms with van der Waals surface area (Å²) in [7, 11) is 0. The number of hydrogen-bond donors (Lipinski definition) is 2. The number of carbonyl (C=O) groups is 2. The molecule has 1 aromatic heterocycles. The molecule has 0 aliphatic carbocycles. The molecule has 2 N–H and O–H groups in total. The number of aromatic amines is 1. The first-order valence-corrected chi connectivity index (χ1v) is 8.48.